The SMILES string of the molecule is Cc1ccc(S(=O)(=O)Nc2cnn(C(C)(C)C)c2)s1. The zero-order valence-corrected chi connectivity index (χ0v) is 13.0. The monoisotopic (exact) mass is 299 g/mol. The fraction of sp³-hybridized carbons (Fsp3) is 0.417. The van der Waals surface area contributed by atoms with E-state index in [4.69, 9.17) is 0 Å². The van der Waals surface area contributed by atoms with E-state index in [9.17, 15) is 8.42 Å². The first kappa shape index (κ1) is 14.1. The van der Waals surface area contributed by atoms with Gasteiger partial charge in [0.25, 0.3) is 10.0 Å². The van der Waals surface area contributed by atoms with Crippen molar-refractivity contribution in [2.45, 2.75) is 37.4 Å². The van der Waals surface area contributed by atoms with Crippen LogP contribution in [0.2, 0.25) is 0 Å². The van der Waals surface area contributed by atoms with Gasteiger partial charge in [0.05, 0.1) is 17.4 Å². The topological polar surface area (TPSA) is 64.0 Å². The Bertz CT molecular complexity index is 678. The standard InChI is InChI=1S/C12H17N3O2S2/c1-9-5-6-11(18-9)19(16,17)14-10-7-13-15(8-10)12(2,3)4/h5-8,14H,1-4H3. The molecule has 0 saturated heterocycles. The van der Waals surface area contributed by atoms with E-state index in [-0.39, 0.29) is 5.54 Å². The number of hydrogen-bond donors (Lipinski definition) is 1. The van der Waals surface area contributed by atoms with Gasteiger partial charge in [-0.05, 0) is 39.8 Å². The number of nitrogens with zero attached hydrogens (tertiary/aromatic N) is 2. The summed E-state index contributed by atoms with van der Waals surface area (Å²) in [5, 5.41) is 4.16. The Labute approximate surface area is 117 Å². The van der Waals surface area contributed by atoms with Gasteiger partial charge in [-0.3, -0.25) is 9.40 Å². The molecule has 1 N–H and O–H groups in total. The Morgan fingerprint density at radius 3 is 2.47 bits per heavy atom. The molecule has 2 aromatic rings. The molecule has 0 atom stereocenters. The summed E-state index contributed by atoms with van der Waals surface area (Å²) in [6, 6.07) is 3.40. The summed E-state index contributed by atoms with van der Waals surface area (Å²) in [6.07, 6.45) is 3.21. The third-order valence-electron chi connectivity index (χ3n) is 2.50. The molecule has 7 heteroatoms. The molecule has 2 aromatic heterocycles. The molecular formula is C12H17N3O2S2. The van der Waals surface area contributed by atoms with E-state index in [2.05, 4.69) is 9.82 Å². The molecule has 0 saturated carbocycles. The van der Waals surface area contributed by atoms with Crippen LogP contribution in [0.3, 0.4) is 0 Å². The lowest BCUT2D eigenvalue weighted by Gasteiger charge is -2.18. The number of thiophene rings is 1. The highest BCUT2D eigenvalue weighted by Crippen LogP contribution is 2.24. The maximum absolute atomic E-state index is 12.1. The van der Waals surface area contributed by atoms with Crippen LogP contribution in [0.25, 0.3) is 0 Å². The predicted octanol–water partition coefficient (Wildman–Crippen LogP) is 2.81. The van der Waals surface area contributed by atoms with Crippen LogP contribution in [0.4, 0.5) is 5.69 Å². The fourth-order valence-corrected chi connectivity index (χ4v) is 3.82. The maximum Gasteiger partial charge on any atom is 0.271 e. The van der Waals surface area contributed by atoms with Crippen molar-refractivity contribution in [2.75, 3.05) is 4.72 Å². The molecule has 0 aliphatic carbocycles. The van der Waals surface area contributed by atoms with Gasteiger partial charge < -0.3 is 0 Å². The lowest BCUT2D eigenvalue weighted by molar-refractivity contribution is 0.355. The van der Waals surface area contributed by atoms with Crippen LogP contribution in [-0.2, 0) is 15.6 Å². The normalized spacial score (nSPS) is 12.6. The molecule has 0 aromatic carbocycles. The molecule has 0 radical (unpaired) electrons. The Hall–Kier alpha value is -1.34. The van der Waals surface area contributed by atoms with Gasteiger partial charge in [0.1, 0.15) is 4.21 Å². The Balaban J connectivity index is 2.24. The summed E-state index contributed by atoms with van der Waals surface area (Å²) >= 11 is 1.25. The van der Waals surface area contributed by atoms with Crippen molar-refractivity contribution in [2.24, 2.45) is 0 Å². The minimum Gasteiger partial charge on any atom is -0.276 e. The van der Waals surface area contributed by atoms with Crippen LogP contribution in [-0.4, -0.2) is 18.2 Å². The first-order chi connectivity index (χ1) is 8.68. The summed E-state index contributed by atoms with van der Waals surface area (Å²) in [5.74, 6) is 0. The van der Waals surface area contributed by atoms with Gasteiger partial charge >= 0.3 is 0 Å². The largest absolute Gasteiger partial charge is 0.276 e. The van der Waals surface area contributed by atoms with Crippen molar-refractivity contribution < 1.29 is 8.42 Å². The van der Waals surface area contributed by atoms with Crippen molar-refractivity contribution in [3.63, 3.8) is 0 Å². The summed E-state index contributed by atoms with van der Waals surface area (Å²) in [7, 11) is -3.51. The molecule has 0 unspecified atom stereocenters. The summed E-state index contributed by atoms with van der Waals surface area (Å²) < 4.78 is 28.9. The fourth-order valence-electron chi connectivity index (χ4n) is 1.50. The average Bonchev–Trinajstić information content (AvgIpc) is 2.85. The summed E-state index contributed by atoms with van der Waals surface area (Å²) in [5.41, 5.74) is 0.296. The molecular weight excluding hydrogens is 282 g/mol. The average molecular weight is 299 g/mol. The highest BCUT2D eigenvalue weighted by atomic mass is 32.2. The second kappa shape index (κ2) is 4.64. The van der Waals surface area contributed by atoms with Crippen LogP contribution in [0.5, 0.6) is 0 Å². The highest BCUT2D eigenvalue weighted by Gasteiger charge is 2.19. The zero-order chi connectivity index (χ0) is 14.3. The van der Waals surface area contributed by atoms with Crippen LogP contribution in [0.15, 0.2) is 28.7 Å². The van der Waals surface area contributed by atoms with E-state index < -0.39 is 10.0 Å². The summed E-state index contributed by atoms with van der Waals surface area (Å²) in [4.78, 5) is 0.964. The van der Waals surface area contributed by atoms with Gasteiger partial charge in [-0.1, -0.05) is 0 Å². The van der Waals surface area contributed by atoms with Crippen LogP contribution in [0, 0.1) is 6.92 Å². The van der Waals surface area contributed by atoms with Crippen LogP contribution < -0.4 is 4.72 Å². The van der Waals surface area contributed by atoms with Crippen LogP contribution >= 0.6 is 11.3 Å². The van der Waals surface area contributed by atoms with Gasteiger partial charge in [-0.25, -0.2) is 8.42 Å². The number of hydrogen-bond acceptors (Lipinski definition) is 4. The maximum atomic E-state index is 12.1. The molecule has 19 heavy (non-hydrogen) atoms. The minimum absolute atomic E-state index is 0.177. The van der Waals surface area contributed by atoms with E-state index in [1.54, 1.807) is 23.0 Å². The van der Waals surface area contributed by atoms with E-state index in [1.807, 2.05) is 27.7 Å². The predicted molar refractivity (Wildman–Crippen MR) is 77.1 cm³/mol. The highest BCUT2D eigenvalue weighted by molar-refractivity contribution is 7.94. The van der Waals surface area contributed by atoms with Gasteiger partial charge in [-0.15, -0.1) is 11.3 Å². The van der Waals surface area contributed by atoms with E-state index in [0.717, 1.165) is 4.88 Å². The molecule has 0 bridgehead atoms. The second-order valence-electron chi connectivity index (χ2n) is 5.31. The number of anilines is 1. The van der Waals surface area contributed by atoms with Crippen molar-refractivity contribution in [3.8, 4) is 0 Å². The number of aryl methyl sites for hydroxylation is 1. The van der Waals surface area contributed by atoms with Crippen molar-refractivity contribution >= 4 is 27.0 Å². The van der Waals surface area contributed by atoms with E-state index >= 15 is 0 Å². The third-order valence-corrected chi connectivity index (χ3v) is 5.38. The molecule has 2 rings (SSSR count). The molecule has 5 nitrogen and oxygen atoms in total. The van der Waals surface area contributed by atoms with E-state index in [0.29, 0.717) is 9.90 Å². The molecule has 2 heterocycles. The smallest absolute Gasteiger partial charge is 0.271 e. The molecule has 104 valence electrons. The van der Waals surface area contributed by atoms with Crippen molar-refractivity contribution in [3.05, 3.63) is 29.4 Å². The molecule has 0 fully saturated rings. The molecule has 0 aliphatic heterocycles. The van der Waals surface area contributed by atoms with Gasteiger partial charge in [0.15, 0.2) is 0 Å². The molecule has 0 spiro atoms. The number of aromatic nitrogens is 2. The Morgan fingerprint density at radius 2 is 2.00 bits per heavy atom. The molecule has 0 aliphatic rings. The van der Waals surface area contributed by atoms with Gasteiger partial charge in [0.2, 0.25) is 0 Å². The zero-order valence-electron chi connectivity index (χ0n) is 11.3. The number of nitrogens with one attached hydrogen (secondary N) is 1. The molecule has 0 amide bonds. The first-order valence-corrected chi connectivity index (χ1v) is 8.13. The Kier molecular flexibility index (Phi) is 3.44. The minimum atomic E-state index is -3.51. The number of sulfonamides is 1. The third kappa shape index (κ3) is 3.16. The lowest BCUT2D eigenvalue weighted by atomic mass is 10.1. The van der Waals surface area contributed by atoms with Crippen molar-refractivity contribution in [1.82, 2.24) is 9.78 Å². The first-order valence-electron chi connectivity index (χ1n) is 5.83. The quantitative estimate of drug-likeness (QED) is 0.948. The summed E-state index contributed by atoms with van der Waals surface area (Å²) in [6.45, 7) is 7.88. The lowest BCUT2D eigenvalue weighted by Crippen LogP contribution is -2.22. The number of rotatable bonds is 3. The second-order valence-corrected chi connectivity index (χ2v) is 8.51. The van der Waals surface area contributed by atoms with Crippen molar-refractivity contribution in [1.29, 1.82) is 0 Å². The van der Waals surface area contributed by atoms with Crippen LogP contribution in [0.1, 0.15) is 25.6 Å². The van der Waals surface area contributed by atoms with Gasteiger partial charge in [-0.2, -0.15) is 5.10 Å². The Morgan fingerprint density at radius 1 is 1.32 bits per heavy atom. The van der Waals surface area contributed by atoms with Gasteiger partial charge in [0, 0.05) is 11.1 Å². The van der Waals surface area contributed by atoms with E-state index in [1.165, 1.54) is 17.5 Å².